The Morgan fingerprint density at radius 1 is 0.909 bits per heavy atom. The molecule has 0 aromatic heterocycles. The Labute approximate surface area is 133 Å². The van der Waals surface area contributed by atoms with Crippen LogP contribution in [0.5, 0.6) is 0 Å². The largest absolute Gasteiger partial charge is 0.336 e. The summed E-state index contributed by atoms with van der Waals surface area (Å²) in [7, 11) is 0. The first-order valence-corrected chi connectivity index (χ1v) is 7.55. The van der Waals surface area contributed by atoms with E-state index in [2.05, 4.69) is 29.7 Å². The molecule has 0 aliphatic heterocycles. The minimum atomic E-state index is -0.156. The summed E-state index contributed by atoms with van der Waals surface area (Å²) >= 11 is 0. The van der Waals surface area contributed by atoms with Gasteiger partial charge in [-0.25, -0.2) is 4.79 Å². The lowest BCUT2D eigenvalue weighted by Gasteiger charge is -2.12. The van der Waals surface area contributed by atoms with E-state index in [0.29, 0.717) is 0 Å². The van der Waals surface area contributed by atoms with Gasteiger partial charge in [0.2, 0.25) is 0 Å². The maximum absolute atomic E-state index is 11.4. The number of anilines is 1. The molecule has 0 unspecified atom stereocenters. The Balaban J connectivity index is 0.000000287. The lowest BCUT2D eigenvalue weighted by atomic mass is 10.1. The van der Waals surface area contributed by atoms with Crippen molar-refractivity contribution >= 4 is 11.7 Å². The van der Waals surface area contributed by atoms with E-state index >= 15 is 0 Å². The maximum Gasteiger partial charge on any atom is 0.319 e. The predicted octanol–water partition coefficient (Wildman–Crippen LogP) is 4.83. The van der Waals surface area contributed by atoms with E-state index in [-0.39, 0.29) is 12.1 Å². The third-order valence-electron chi connectivity index (χ3n) is 2.99. The number of rotatable bonds is 2. The number of aryl methyl sites for hydroxylation is 3. The predicted molar refractivity (Wildman–Crippen MR) is 94.4 cm³/mol. The Morgan fingerprint density at radius 2 is 1.55 bits per heavy atom. The van der Waals surface area contributed by atoms with Gasteiger partial charge in [-0.3, -0.25) is 0 Å². The van der Waals surface area contributed by atoms with Crippen LogP contribution in [0.1, 0.15) is 30.5 Å². The molecule has 0 aliphatic rings. The normalized spacial score (nSPS) is 9.73. The highest BCUT2D eigenvalue weighted by molar-refractivity contribution is 5.90. The summed E-state index contributed by atoms with van der Waals surface area (Å²) in [4.78, 5) is 11.4. The molecule has 0 spiro atoms. The lowest BCUT2D eigenvalue weighted by Crippen LogP contribution is -2.34. The average Bonchev–Trinajstić information content (AvgIpc) is 2.43. The average molecular weight is 298 g/mol. The van der Waals surface area contributed by atoms with E-state index in [4.69, 9.17) is 0 Å². The van der Waals surface area contributed by atoms with E-state index in [1.807, 2.05) is 64.1 Å². The summed E-state index contributed by atoms with van der Waals surface area (Å²) in [5.41, 5.74) is 4.46. The van der Waals surface area contributed by atoms with E-state index in [1.165, 1.54) is 11.1 Å². The van der Waals surface area contributed by atoms with Gasteiger partial charge < -0.3 is 10.6 Å². The van der Waals surface area contributed by atoms with Gasteiger partial charge in [-0.2, -0.15) is 0 Å². The molecule has 0 heterocycles. The zero-order valence-electron chi connectivity index (χ0n) is 14.1. The highest BCUT2D eigenvalue weighted by atomic mass is 16.2. The Bertz CT molecular complexity index is 592. The number of benzene rings is 2. The van der Waals surface area contributed by atoms with Crippen LogP contribution in [-0.2, 0) is 0 Å². The minimum absolute atomic E-state index is 0.149. The Kier molecular flexibility index (Phi) is 7.17. The van der Waals surface area contributed by atoms with Crippen molar-refractivity contribution in [2.24, 2.45) is 0 Å². The second-order valence-electron chi connectivity index (χ2n) is 5.73. The van der Waals surface area contributed by atoms with Crippen molar-refractivity contribution in [2.45, 2.75) is 40.7 Å². The van der Waals surface area contributed by atoms with Gasteiger partial charge in [0.25, 0.3) is 0 Å². The van der Waals surface area contributed by atoms with Crippen LogP contribution in [0.3, 0.4) is 0 Å². The molecule has 2 N–H and O–H groups in total. The molecular weight excluding hydrogens is 272 g/mol. The maximum atomic E-state index is 11.4. The number of hydrogen-bond acceptors (Lipinski definition) is 1. The molecule has 2 rings (SSSR count). The monoisotopic (exact) mass is 298 g/mol. The fourth-order valence-corrected chi connectivity index (χ4v) is 1.91. The topological polar surface area (TPSA) is 41.1 Å². The third kappa shape index (κ3) is 6.93. The summed E-state index contributed by atoms with van der Waals surface area (Å²) in [6.45, 7) is 9.96. The van der Waals surface area contributed by atoms with E-state index < -0.39 is 0 Å². The highest BCUT2D eigenvalue weighted by Crippen LogP contribution is 2.15. The van der Waals surface area contributed by atoms with Crippen molar-refractivity contribution in [3.8, 4) is 0 Å². The number of urea groups is 1. The van der Waals surface area contributed by atoms with Crippen molar-refractivity contribution in [1.29, 1.82) is 0 Å². The van der Waals surface area contributed by atoms with Gasteiger partial charge in [0.05, 0.1) is 0 Å². The molecular formula is C19H26N2O. The highest BCUT2D eigenvalue weighted by Gasteiger charge is 2.04. The minimum Gasteiger partial charge on any atom is -0.336 e. The molecule has 0 atom stereocenters. The van der Waals surface area contributed by atoms with E-state index in [1.54, 1.807) is 0 Å². The first-order chi connectivity index (χ1) is 10.4. The molecule has 3 nitrogen and oxygen atoms in total. The zero-order valence-corrected chi connectivity index (χ0v) is 14.1. The molecule has 0 radical (unpaired) electrons. The number of carbonyl (C=O) groups excluding carboxylic acids is 1. The van der Waals surface area contributed by atoms with Gasteiger partial charge >= 0.3 is 6.03 Å². The van der Waals surface area contributed by atoms with Crippen LogP contribution in [0.2, 0.25) is 0 Å². The van der Waals surface area contributed by atoms with E-state index in [0.717, 1.165) is 11.3 Å². The van der Waals surface area contributed by atoms with Gasteiger partial charge in [-0.05, 0) is 46.2 Å². The number of amides is 2. The second-order valence-corrected chi connectivity index (χ2v) is 5.73. The number of nitrogens with one attached hydrogen (secondary N) is 2. The summed E-state index contributed by atoms with van der Waals surface area (Å²) in [6, 6.07) is 16.2. The van der Waals surface area contributed by atoms with Gasteiger partial charge in [-0.1, -0.05) is 53.6 Å². The molecule has 2 aromatic rings. The fourth-order valence-electron chi connectivity index (χ4n) is 1.91. The summed E-state index contributed by atoms with van der Waals surface area (Å²) < 4.78 is 0. The van der Waals surface area contributed by atoms with Crippen molar-refractivity contribution < 1.29 is 4.79 Å². The second kappa shape index (κ2) is 8.88. The molecule has 3 heteroatoms. The molecule has 0 saturated carbocycles. The molecule has 0 aliphatic carbocycles. The summed E-state index contributed by atoms with van der Waals surface area (Å²) in [5, 5.41) is 5.60. The SMILES string of the molecule is Cc1ccc(NC(=O)NC(C)C)c(C)c1.Cc1ccccc1. The molecule has 0 saturated heterocycles. The van der Waals surface area contributed by atoms with Crippen molar-refractivity contribution in [2.75, 3.05) is 5.32 Å². The van der Waals surface area contributed by atoms with Gasteiger partial charge in [0.1, 0.15) is 0 Å². The van der Waals surface area contributed by atoms with Crippen LogP contribution in [0, 0.1) is 20.8 Å². The van der Waals surface area contributed by atoms with Crippen LogP contribution < -0.4 is 10.6 Å². The smallest absolute Gasteiger partial charge is 0.319 e. The first kappa shape index (κ1) is 17.8. The third-order valence-corrected chi connectivity index (χ3v) is 2.99. The Hall–Kier alpha value is -2.29. The summed E-state index contributed by atoms with van der Waals surface area (Å²) in [6.07, 6.45) is 0. The van der Waals surface area contributed by atoms with E-state index in [9.17, 15) is 4.79 Å². The Morgan fingerprint density at radius 3 is 2.00 bits per heavy atom. The molecule has 0 bridgehead atoms. The molecule has 0 fully saturated rings. The van der Waals surface area contributed by atoms with Crippen LogP contribution in [0.25, 0.3) is 0 Å². The fraction of sp³-hybridized carbons (Fsp3) is 0.316. The number of carbonyl (C=O) groups is 1. The van der Waals surface area contributed by atoms with Crippen molar-refractivity contribution in [3.63, 3.8) is 0 Å². The zero-order chi connectivity index (χ0) is 16.5. The van der Waals surface area contributed by atoms with Gasteiger partial charge in [0, 0.05) is 11.7 Å². The first-order valence-electron chi connectivity index (χ1n) is 7.55. The molecule has 22 heavy (non-hydrogen) atoms. The van der Waals surface area contributed by atoms with Crippen LogP contribution in [0.4, 0.5) is 10.5 Å². The lowest BCUT2D eigenvalue weighted by molar-refractivity contribution is 0.250. The molecule has 2 aromatic carbocycles. The summed E-state index contributed by atoms with van der Waals surface area (Å²) in [5.74, 6) is 0. The van der Waals surface area contributed by atoms with Gasteiger partial charge in [-0.15, -0.1) is 0 Å². The van der Waals surface area contributed by atoms with Crippen molar-refractivity contribution in [1.82, 2.24) is 5.32 Å². The molecule has 118 valence electrons. The number of hydrogen-bond donors (Lipinski definition) is 2. The van der Waals surface area contributed by atoms with Crippen LogP contribution in [0.15, 0.2) is 48.5 Å². The van der Waals surface area contributed by atoms with Gasteiger partial charge in [0.15, 0.2) is 0 Å². The van der Waals surface area contributed by atoms with Crippen molar-refractivity contribution in [3.05, 3.63) is 65.2 Å². The standard InChI is InChI=1S/C12H18N2O.C7H8/c1-8(2)13-12(15)14-11-6-5-9(3)7-10(11)4;1-7-5-3-2-4-6-7/h5-8H,1-4H3,(H2,13,14,15);2-6H,1H3. The van der Waals surface area contributed by atoms with Crippen LogP contribution >= 0.6 is 0 Å². The van der Waals surface area contributed by atoms with Crippen LogP contribution in [-0.4, -0.2) is 12.1 Å². The molecule has 2 amide bonds. The quantitative estimate of drug-likeness (QED) is 0.819.